The van der Waals surface area contributed by atoms with Crippen molar-refractivity contribution < 1.29 is 0 Å². The number of hydrogen-bond donors (Lipinski definition) is 3. The number of benzene rings is 1. The van der Waals surface area contributed by atoms with Crippen molar-refractivity contribution in [1.82, 2.24) is 0 Å². The van der Waals surface area contributed by atoms with E-state index in [4.69, 9.17) is 16.9 Å². The first-order chi connectivity index (χ1) is 7.68. The van der Waals surface area contributed by atoms with Crippen LogP contribution < -0.4 is 11.5 Å². The standard InChI is InChI=1S/C12H13N3S/c13-11(8-4-2-1-3-5-8)10-6-9(7-16-10)12(14)15/h1-7,11H,13H2,(H3,14,15)/t11-/m1/s1. The molecule has 0 fully saturated rings. The number of hydrogen-bond acceptors (Lipinski definition) is 3. The van der Waals surface area contributed by atoms with E-state index < -0.39 is 0 Å². The Morgan fingerprint density at radius 1 is 1.25 bits per heavy atom. The SMILES string of the molecule is N=C(N)c1csc([C@H](N)c2ccccc2)c1. The van der Waals surface area contributed by atoms with Crippen LogP contribution in [0.3, 0.4) is 0 Å². The monoisotopic (exact) mass is 231 g/mol. The lowest BCUT2D eigenvalue weighted by Gasteiger charge is -2.09. The summed E-state index contributed by atoms with van der Waals surface area (Å²) in [6, 6.07) is 11.6. The predicted octanol–water partition coefficient (Wildman–Crippen LogP) is 2.08. The van der Waals surface area contributed by atoms with Crippen molar-refractivity contribution in [2.24, 2.45) is 11.5 Å². The van der Waals surface area contributed by atoms with Crippen molar-refractivity contribution >= 4 is 17.2 Å². The highest BCUT2D eigenvalue weighted by Crippen LogP contribution is 2.25. The van der Waals surface area contributed by atoms with Gasteiger partial charge in [-0.2, -0.15) is 0 Å². The van der Waals surface area contributed by atoms with Crippen molar-refractivity contribution in [3.05, 3.63) is 57.8 Å². The first kappa shape index (κ1) is 10.9. The van der Waals surface area contributed by atoms with E-state index in [1.807, 2.05) is 41.8 Å². The zero-order chi connectivity index (χ0) is 11.5. The number of nitrogens with one attached hydrogen (secondary N) is 1. The first-order valence-corrected chi connectivity index (χ1v) is 5.80. The lowest BCUT2D eigenvalue weighted by Crippen LogP contribution is -2.11. The van der Waals surface area contributed by atoms with E-state index in [-0.39, 0.29) is 11.9 Å². The molecule has 16 heavy (non-hydrogen) atoms. The van der Waals surface area contributed by atoms with Crippen molar-refractivity contribution in [3.8, 4) is 0 Å². The van der Waals surface area contributed by atoms with Gasteiger partial charge in [-0.1, -0.05) is 30.3 Å². The normalized spacial score (nSPS) is 12.3. The molecule has 0 amide bonds. The molecule has 0 bridgehead atoms. The van der Waals surface area contributed by atoms with Crippen molar-refractivity contribution in [1.29, 1.82) is 5.41 Å². The maximum Gasteiger partial charge on any atom is 0.123 e. The summed E-state index contributed by atoms with van der Waals surface area (Å²) in [7, 11) is 0. The average molecular weight is 231 g/mol. The smallest absolute Gasteiger partial charge is 0.123 e. The van der Waals surface area contributed by atoms with E-state index in [1.165, 1.54) is 11.3 Å². The van der Waals surface area contributed by atoms with Gasteiger partial charge >= 0.3 is 0 Å². The van der Waals surface area contributed by atoms with Crippen LogP contribution in [0.4, 0.5) is 0 Å². The summed E-state index contributed by atoms with van der Waals surface area (Å²) in [6.45, 7) is 0. The Balaban J connectivity index is 2.27. The van der Waals surface area contributed by atoms with Crippen molar-refractivity contribution in [2.45, 2.75) is 6.04 Å². The Kier molecular flexibility index (Phi) is 3.03. The third kappa shape index (κ3) is 2.13. The minimum Gasteiger partial charge on any atom is -0.384 e. The number of nitrogen functional groups attached to an aromatic ring is 1. The lowest BCUT2D eigenvalue weighted by atomic mass is 10.1. The minimum atomic E-state index is -0.140. The Labute approximate surface area is 98.2 Å². The third-order valence-electron chi connectivity index (χ3n) is 2.40. The molecule has 0 spiro atoms. The molecule has 82 valence electrons. The molecule has 0 aliphatic heterocycles. The van der Waals surface area contributed by atoms with E-state index >= 15 is 0 Å². The van der Waals surface area contributed by atoms with Gasteiger partial charge in [-0.05, 0) is 11.6 Å². The van der Waals surface area contributed by atoms with Gasteiger partial charge in [0.2, 0.25) is 0 Å². The van der Waals surface area contributed by atoms with Crippen LogP contribution in [0.5, 0.6) is 0 Å². The van der Waals surface area contributed by atoms with E-state index in [0.717, 1.165) is 16.0 Å². The Morgan fingerprint density at radius 2 is 1.94 bits per heavy atom. The van der Waals surface area contributed by atoms with Crippen LogP contribution in [-0.4, -0.2) is 5.84 Å². The molecular weight excluding hydrogens is 218 g/mol. The summed E-state index contributed by atoms with van der Waals surface area (Å²) < 4.78 is 0. The summed E-state index contributed by atoms with van der Waals surface area (Å²) in [6.07, 6.45) is 0. The van der Waals surface area contributed by atoms with E-state index in [9.17, 15) is 0 Å². The molecular formula is C12H13N3S. The van der Waals surface area contributed by atoms with Gasteiger partial charge in [-0.15, -0.1) is 11.3 Å². The quantitative estimate of drug-likeness (QED) is 0.558. The van der Waals surface area contributed by atoms with Crippen LogP contribution in [0.25, 0.3) is 0 Å². The molecule has 0 radical (unpaired) electrons. The zero-order valence-corrected chi connectivity index (χ0v) is 9.50. The van der Waals surface area contributed by atoms with Gasteiger partial charge in [0.05, 0.1) is 6.04 Å². The Morgan fingerprint density at radius 3 is 2.50 bits per heavy atom. The molecule has 3 nitrogen and oxygen atoms in total. The van der Waals surface area contributed by atoms with Gasteiger partial charge in [-0.3, -0.25) is 5.41 Å². The summed E-state index contributed by atoms with van der Waals surface area (Å²) in [5.41, 5.74) is 13.4. The van der Waals surface area contributed by atoms with Gasteiger partial charge < -0.3 is 11.5 Å². The van der Waals surface area contributed by atoms with Crippen LogP contribution >= 0.6 is 11.3 Å². The van der Waals surface area contributed by atoms with Crippen LogP contribution in [0.1, 0.15) is 22.0 Å². The molecule has 4 heteroatoms. The predicted molar refractivity (Wildman–Crippen MR) is 67.8 cm³/mol. The summed E-state index contributed by atoms with van der Waals surface area (Å²) in [5.74, 6) is 0.0859. The molecule has 2 aromatic rings. The Hall–Kier alpha value is -1.65. The van der Waals surface area contributed by atoms with Gasteiger partial charge in [0, 0.05) is 15.8 Å². The van der Waals surface area contributed by atoms with Crippen LogP contribution in [0, 0.1) is 5.41 Å². The molecule has 0 aliphatic rings. The molecule has 1 aromatic heterocycles. The third-order valence-corrected chi connectivity index (χ3v) is 3.41. The number of nitrogens with two attached hydrogens (primary N) is 2. The van der Waals surface area contributed by atoms with E-state index in [0.29, 0.717) is 0 Å². The molecule has 1 heterocycles. The maximum atomic E-state index is 7.34. The Bertz CT molecular complexity index is 490. The summed E-state index contributed by atoms with van der Waals surface area (Å²) in [4.78, 5) is 1.02. The number of rotatable bonds is 3. The van der Waals surface area contributed by atoms with Gasteiger partial charge in [0.1, 0.15) is 5.84 Å². The highest BCUT2D eigenvalue weighted by atomic mass is 32.1. The van der Waals surface area contributed by atoms with E-state index in [2.05, 4.69) is 0 Å². The van der Waals surface area contributed by atoms with Gasteiger partial charge in [0.15, 0.2) is 0 Å². The fraction of sp³-hybridized carbons (Fsp3) is 0.0833. The van der Waals surface area contributed by atoms with Crippen LogP contribution in [0.15, 0.2) is 41.8 Å². The second kappa shape index (κ2) is 4.47. The molecule has 0 unspecified atom stereocenters. The highest BCUT2D eigenvalue weighted by molar-refractivity contribution is 7.10. The highest BCUT2D eigenvalue weighted by Gasteiger charge is 2.11. The second-order valence-electron chi connectivity index (χ2n) is 3.54. The first-order valence-electron chi connectivity index (χ1n) is 4.92. The molecule has 1 aromatic carbocycles. The topological polar surface area (TPSA) is 75.9 Å². The van der Waals surface area contributed by atoms with Crippen LogP contribution in [-0.2, 0) is 0 Å². The maximum absolute atomic E-state index is 7.34. The lowest BCUT2D eigenvalue weighted by molar-refractivity contribution is 0.893. The zero-order valence-electron chi connectivity index (χ0n) is 8.68. The fourth-order valence-electron chi connectivity index (χ4n) is 1.48. The van der Waals surface area contributed by atoms with E-state index in [1.54, 1.807) is 0 Å². The molecule has 2 rings (SSSR count). The number of thiophene rings is 1. The van der Waals surface area contributed by atoms with Gasteiger partial charge in [-0.25, -0.2) is 0 Å². The second-order valence-corrected chi connectivity index (χ2v) is 4.48. The largest absolute Gasteiger partial charge is 0.384 e. The van der Waals surface area contributed by atoms with Crippen LogP contribution in [0.2, 0.25) is 0 Å². The molecule has 0 aliphatic carbocycles. The summed E-state index contributed by atoms with van der Waals surface area (Å²) in [5, 5.41) is 9.20. The number of amidine groups is 1. The molecule has 1 atom stereocenters. The van der Waals surface area contributed by atoms with Crippen molar-refractivity contribution in [3.63, 3.8) is 0 Å². The molecule has 0 saturated heterocycles. The minimum absolute atomic E-state index is 0.0859. The average Bonchev–Trinajstić information content (AvgIpc) is 2.78. The fourth-order valence-corrected chi connectivity index (χ4v) is 2.42. The summed E-state index contributed by atoms with van der Waals surface area (Å²) >= 11 is 1.53. The molecule has 5 N–H and O–H groups in total. The van der Waals surface area contributed by atoms with Crippen molar-refractivity contribution in [2.75, 3.05) is 0 Å². The van der Waals surface area contributed by atoms with Gasteiger partial charge in [0.25, 0.3) is 0 Å². The molecule has 0 saturated carbocycles.